The highest BCUT2D eigenvalue weighted by Crippen LogP contribution is 2.18. The lowest BCUT2D eigenvalue weighted by atomic mass is 10.3. The van der Waals surface area contributed by atoms with Crippen LogP contribution in [0.4, 0.5) is 5.82 Å². The fourth-order valence-electron chi connectivity index (χ4n) is 1.76. The molecule has 2 rings (SSSR count). The van der Waals surface area contributed by atoms with Crippen LogP contribution >= 0.6 is 0 Å². The minimum atomic E-state index is -0.303. The molecule has 0 radical (unpaired) electrons. The summed E-state index contributed by atoms with van der Waals surface area (Å²) < 4.78 is 6.82. The Balaban J connectivity index is 0.00000220. The normalized spacial score (nSPS) is 10.4. The van der Waals surface area contributed by atoms with Crippen LogP contribution < -0.4 is 21.9 Å². The van der Waals surface area contributed by atoms with Gasteiger partial charge in [-0.1, -0.05) is 19.6 Å². The summed E-state index contributed by atoms with van der Waals surface area (Å²) in [7, 11) is 0. The van der Waals surface area contributed by atoms with Crippen LogP contribution in [0, 0.1) is 0 Å². The summed E-state index contributed by atoms with van der Waals surface area (Å²) in [5.41, 5.74) is 12.5. The van der Waals surface area contributed by atoms with E-state index in [1.165, 1.54) is 4.57 Å². The number of rotatable bonds is 6. The van der Waals surface area contributed by atoms with E-state index in [1.54, 1.807) is 0 Å². The van der Waals surface area contributed by atoms with Gasteiger partial charge in [0.1, 0.15) is 5.52 Å². The number of aromatic nitrogens is 4. The number of fused-ring (bicyclic) bond motifs is 1. The van der Waals surface area contributed by atoms with Crippen LogP contribution in [0.1, 0.15) is 20.8 Å². The number of hydrogen-bond donors (Lipinski definition) is 3. The largest absolute Gasteiger partial charge is 0.463 e. The minimum absolute atomic E-state index is 0. The maximum absolute atomic E-state index is 11.9. The molecule has 0 saturated carbocycles. The van der Waals surface area contributed by atoms with Gasteiger partial charge in [-0.15, -0.1) is 0 Å². The van der Waals surface area contributed by atoms with Crippen LogP contribution in [0.25, 0.3) is 11.2 Å². The molecule has 21 heavy (non-hydrogen) atoms. The van der Waals surface area contributed by atoms with Crippen molar-refractivity contribution in [2.75, 3.05) is 18.9 Å². The smallest absolute Gasteiger partial charge is 0.328 e. The Bertz CT molecular complexity index is 688. The van der Waals surface area contributed by atoms with E-state index in [-0.39, 0.29) is 24.9 Å². The van der Waals surface area contributed by atoms with Gasteiger partial charge in [0.2, 0.25) is 0 Å². The van der Waals surface area contributed by atoms with Gasteiger partial charge in [-0.25, -0.2) is 4.79 Å². The summed E-state index contributed by atoms with van der Waals surface area (Å²) in [6.07, 6.45) is 0.688. The fraction of sp³-hybridized carbons (Fsp3) is 0.462. The molecule has 2 aromatic heterocycles. The molecule has 0 amide bonds. The van der Waals surface area contributed by atoms with Crippen molar-refractivity contribution in [2.45, 2.75) is 27.3 Å². The van der Waals surface area contributed by atoms with Gasteiger partial charge < -0.3 is 21.2 Å². The van der Waals surface area contributed by atoms with Gasteiger partial charge in [-0.2, -0.15) is 9.97 Å². The highest BCUT2D eigenvalue weighted by Gasteiger charge is 2.14. The van der Waals surface area contributed by atoms with Crippen LogP contribution in [-0.4, -0.2) is 32.7 Å². The SMILES string of the molecule is C.C=C(C)Cn1c(=O)[nH]c2c(N)nc(OCCCN)nc21. The Morgan fingerprint density at radius 2 is 2.19 bits per heavy atom. The van der Waals surface area contributed by atoms with Crippen molar-refractivity contribution in [2.24, 2.45) is 5.73 Å². The highest BCUT2D eigenvalue weighted by atomic mass is 16.5. The molecule has 8 nitrogen and oxygen atoms in total. The maximum atomic E-state index is 11.9. The van der Waals surface area contributed by atoms with Gasteiger partial charge >= 0.3 is 11.7 Å². The first kappa shape index (κ1) is 16.7. The van der Waals surface area contributed by atoms with E-state index in [9.17, 15) is 4.79 Å². The minimum Gasteiger partial charge on any atom is -0.463 e. The van der Waals surface area contributed by atoms with E-state index in [0.29, 0.717) is 37.3 Å². The van der Waals surface area contributed by atoms with Gasteiger partial charge in [-0.3, -0.25) is 4.57 Å². The van der Waals surface area contributed by atoms with E-state index in [0.717, 1.165) is 5.57 Å². The molecule has 0 aliphatic rings. The quantitative estimate of drug-likeness (QED) is 0.530. The molecule has 0 bridgehead atoms. The molecule has 2 aromatic rings. The molecule has 0 unspecified atom stereocenters. The van der Waals surface area contributed by atoms with Crippen molar-refractivity contribution in [3.8, 4) is 6.01 Å². The van der Waals surface area contributed by atoms with Crippen molar-refractivity contribution in [3.05, 3.63) is 22.6 Å². The third-order valence-corrected chi connectivity index (χ3v) is 2.64. The van der Waals surface area contributed by atoms with Gasteiger partial charge in [0.15, 0.2) is 11.5 Å². The molecular formula is C13H22N6O2. The Labute approximate surface area is 122 Å². The number of hydrogen-bond acceptors (Lipinski definition) is 6. The monoisotopic (exact) mass is 294 g/mol. The third-order valence-electron chi connectivity index (χ3n) is 2.64. The first-order valence-corrected chi connectivity index (χ1v) is 6.26. The van der Waals surface area contributed by atoms with Crippen molar-refractivity contribution in [3.63, 3.8) is 0 Å². The van der Waals surface area contributed by atoms with E-state index in [4.69, 9.17) is 16.2 Å². The van der Waals surface area contributed by atoms with Crippen LogP contribution in [0.5, 0.6) is 6.01 Å². The average molecular weight is 294 g/mol. The third kappa shape index (κ3) is 3.60. The number of nitrogens with two attached hydrogens (primary N) is 2. The van der Waals surface area contributed by atoms with Crippen molar-refractivity contribution < 1.29 is 4.74 Å². The summed E-state index contributed by atoms with van der Waals surface area (Å²) >= 11 is 0. The molecule has 0 saturated heterocycles. The predicted octanol–water partition coefficient (Wildman–Crippen LogP) is 0.642. The summed E-state index contributed by atoms with van der Waals surface area (Å²) in [6, 6.07) is 0.137. The van der Waals surface area contributed by atoms with Crippen molar-refractivity contribution in [1.82, 2.24) is 19.5 Å². The molecule has 8 heteroatoms. The maximum Gasteiger partial charge on any atom is 0.328 e. The van der Waals surface area contributed by atoms with Crippen LogP contribution in [0.3, 0.4) is 0 Å². The Morgan fingerprint density at radius 1 is 1.48 bits per heavy atom. The van der Waals surface area contributed by atoms with Gasteiger partial charge in [0.05, 0.1) is 6.61 Å². The molecule has 2 heterocycles. The van der Waals surface area contributed by atoms with Gasteiger partial charge in [-0.05, 0) is 19.9 Å². The fourth-order valence-corrected chi connectivity index (χ4v) is 1.76. The van der Waals surface area contributed by atoms with Gasteiger partial charge in [0, 0.05) is 6.54 Å². The van der Waals surface area contributed by atoms with Gasteiger partial charge in [0.25, 0.3) is 0 Å². The molecule has 0 aliphatic carbocycles. The molecule has 0 aromatic carbocycles. The van der Waals surface area contributed by atoms with Crippen LogP contribution in [0.2, 0.25) is 0 Å². The number of allylic oxidation sites excluding steroid dienone is 1. The standard InChI is InChI=1S/C12H18N6O2.CH4/c1-7(2)6-18-10-8(15-12(18)19)9(14)16-11(17-10)20-5-3-4-13;/h1,3-6,13H2,2H3,(H,15,19)(H2,14,16,17);1H4. The number of nitrogens with zero attached hydrogens (tertiary/aromatic N) is 3. The van der Waals surface area contributed by atoms with Crippen LogP contribution in [-0.2, 0) is 6.54 Å². The second kappa shape index (κ2) is 6.89. The molecular weight excluding hydrogens is 272 g/mol. The molecule has 5 N–H and O–H groups in total. The molecule has 0 spiro atoms. The highest BCUT2D eigenvalue weighted by molar-refractivity contribution is 5.81. The summed E-state index contributed by atoms with van der Waals surface area (Å²) in [6.45, 7) is 6.89. The molecule has 116 valence electrons. The number of H-pyrrole nitrogens is 1. The number of ether oxygens (including phenoxy) is 1. The van der Waals surface area contributed by atoms with Crippen LogP contribution in [0.15, 0.2) is 16.9 Å². The molecule has 0 aliphatic heterocycles. The molecule has 0 fully saturated rings. The second-order valence-corrected chi connectivity index (χ2v) is 4.55. The lowest BCUT2D eigenvalue weighted by Crippen LogP contribution is -2.17. The average Bonchev–Trinajstić information content (AvgIpc) is 2.68. The summed E-state index contributed by atoms with van der Waals surface area (Å²) in [5, 5.41) is 0. The van der Waals surface area contributed by atoms with Crippen molar-refractivity contribution in [1.29, 1.82) is 0 Å². The number of anilines is 1. The Hall–Kier alpha value is -2.35. The number of nitrogens with one attached hydrogen (secondary N) is 1. The summed E-state index contributed by atoms with van der Waals surface area (Å²) in [4.78, 5) is 22.7. The number of aromatic amines is 1. The number of nitrogen functional groups attached to an aromatic ring is 1. The zero-order valence-corrected chi connectivity index (χ0v) is 11.3. The lowest BCUT2D eigenvalue weighted by molar-refractivity contribution is 0.290. The van der Waals surface area contributed by atoms with E-state index < -0.39 is 0 Å². The topological polar surface area (TPSA) is 125 Å². The van der Waals surface area contributed by atoms with E-state index in [1.807, 2.05) is 6.92 Å². The zero-order valence-electron chi connectivity index (χ0n) is 11.3. The summed E-state index contributed by atoms with van der Waals surface area (Å²) in [5.74, 6) is 0.176. The number of imidazole rings is 1. The predicted molar refractivity (Wildman–Crippen MR) is 83.3 cm³/mol. The first-order chi connectivity index (χ1) is 9.52. The van der Waals surface area contributed by atoms with E-state index >= 15 is 0 Å². The second-order valence-electron chi connectivity index (χ2n) is 4.55. The van der Waals surface area contributed by atoms with Crippen molar-refractivity contribution >= 4 is 17.0 Å². The lowest BCUT2D eigenvalue weighted by Gasteiger charge is -2.06. The Morgan fingerprint density at radius 3 is 2.81 bits per heavy atom. The van der Waals surface area contributed by atoms with E-state index in [2.05, 4.69) is 21.5 Å². The zero-order chi connectivity index (χ0) is 14.7. The Kier molecular flexibility index (Phi) is 5.48. The molecule has 0 atom stereocenters. The first-order valence-electron chi connectivity index (χ1n) is 6.26.